The van der Waals surface area contributed by atoms with E-state index >= 15 is 0 Å². The molecule has 1 aromatic carbocycles. The minimum atomic E-state index is -0.358. The van der Waals surface area contributed by atoms with Gasteiger partial charge in [-0.15, -0.1) is 0 Å². The number of rotatable bonds is 6. The van der Waals surface area contributed by atoms with E-state index < -0.39 is 0 Å². The lowest BCUT2D eigenvalue weighted by molar-refractivity contribution is -0.125. The normalized spacial score (nSPS) is 15.6. The first kappa shape index (κ1) is 16.0. The summed E-state index contributed by atoms with van der Waals surface area (Å²) in [7, 11) is 0. The van der Waals surface area contributed by atoms with Gasteiger partial charge in [-0.05, 0) is 30.5 Å². The van der Waals surface area contributed by atoms with Crippen LogP contribution in [-0.4, -0.2) is 24.9 Å². The number of hydrogen-bond acceptors (Lipinski definition) is 2. The van der Waals surface area contributed by atoms with Crippen LogP contribution in [0, 0.1) is 5.92 Å². The van der Waals surface area contributed by atoms with Gasteiger partial charge in [0, 0.05) is 23.5 Å². The quantitative estimate of drug-likeness (QED) is 0.772. The van der Waals surface area contributed by atoms with Crippen LogP contribution in [0.3, 0.4) is 0 Å². The van der Waals surface area contributed by atoms with Crippen molar-refractivity contribution in [1.82, 2.24) is 10.6 Å². The van der Waals surface area contributed by atoms with E-state index in [4.69, 9.17) is 0 Å². The van der Waals surface area contributed by atoms with Crippen LogP contribution in [-0.2, 0) is 15.0 Å². The molecule has 1 aromatic rings. The van der Waals surface area contributed by atoms with Gasteiger partial charge in [0.05, 0.1) is 5.41 Å². The molecule has 21 heavy (non-hydrogen) atoms. The molecule has 5 heteroatoms. The van der Waals surface area contributed by atoms with Gasteiger partial charge in [-0.1, -0.05) is 41.9 Å². The molecule has 2 N–H and O–H groups in total. The summed E-state index contributed by atoms with van der Waals surface area (Å²) >= 11 is 3.41. The van der Waals surface area contributed by atoms with E-state index in [9.17, 15) is 9.59 Å². The van der Waals surface area contributed by atoms with Crippen molar-refractivity contribution in [3.05, 3.63) is 34.3 Å². The molecule has 0 saturated heterocycles. The Balaban J connectivity index is 1.83. The number of halogens is 1. The van der Waals surface area contributed by atoms with Crippen molar-refractivity contribution in [3.8, 4) is 0 Å². The summed E-state index contributed by atoms with van der Waals surface area (Å²) in [6.45, 7) is 4.63. The Morgan fingerprint density at radius 2 is 1.71 bits per heavy atom. The standard InChI is InChI=1S/C16H21BrN2O2/c1-11(2)14(20)18-9-10-19-15(21)16(7-8-16)12-3-5-13(17)6-4-12/h3-6,11H,7-10H2,1-2H3,(H,18,20)(H,19,21). The summed E-state index contributed by atoms with van der Waals surface area (Å²) in [6.07, 6.45) is 1.78. The average molecular weight is 353 g/mol. The Kier molecular flexibility index (Phi) is 5.04. The lowest BCUT2D eigenvalue weighted by Crippen LogP contribution is -2.40. The first-order chi connectivity index (χ1) is 9.95. The van der Waals surface area contributed by atoms with E-state index in [1.54, 1.807) is 0 Å². The Labute approximate surface area is 133 Å². The molecule has 0 atom stereocenters. The van der Waals surface area contributed by atoms with Gasteiger partial charge in [-0.2, -0.15) is 0 Å². The number of carbonyl (C=O) groups is 2. The minimum Gasteiger partial charge on any atom is -0.354 e. The Bertz CT molecular complexity index is 522. The van der Waals surface area contributed by atoms with Crippen LogP contribution in [0.25, 0.3) is 0 Å². The average Bonchev–Trinajstić information content (AvgIpc) is 3.25. The molecule has 1 fully saturated rings. The van der Waals surface area contributed by atoms with Crippen molar-refractivity contribution < 1.29 is 9.59 Å². The van der Waals surface area contributed by atoms with Crippen molar-refractivity contribution in [3.63, 3.8) is 0 Å². The molecular weight excluding hydrogens is 332 g/mol. The fourth-order valence-corrected chi connectivity index (χ4v) is 2.54. The fraction of sp³-hybridized carbons (Fsp3) is 0.500. The van der Waals surface area contributed by atoms with Gasteiger partial charge in [-0.3, -0.25) is 9.59 Å². The third-order valence-electron chi connectivity index (χ3n) is 3.82. The summed E-state index contributed by atoms with van der Waals surface area (Å²) in [5, 5.41) is 5.72. The maximum atomic E-state index is 12.4. The van der Waals surface area contributed by atoms with Crippen molar-refractivity contribution in [2.24, 2.45) is 5.92 Å². The van der Waals surface area contributed by atoms with Crippen molar-refractivity contribution in [1.29, 1.82) is 0 Å². The topological polar surface area (TPSA) is 58.2 Å². The number of nitrogens with one attached hydrogen (secondary N) is 2. The molecule has 0 spiro atoms. The van der Waals surface area contributed by atoms with E-state index in [0.717, 1.165) is 22.9 Å². The smallest absolute Gasteiger partial charge is 0.230 e. The van der Waals surface area contributed by atoms with Crippen LogP contribution in [0.2, 0.25) is 0 Å². The van der Waals surface area contributed by atoms with Crippen LogP contribution in [0.15, 0.2) is 28.7 Å². The Morgan fingerprint density at radius 1 is 1.14 bits per heavy atom. The molecule has 1 saturated carbocycles. The molecule has 2 amide bonds. The van der Waals surface area contributed by atoms with Crippen molar-refractivity contribution >= 4 is 27.7 Å². The second-order valence-corrected chi connectivity index (χ2v) is 6.71. The highest BCUT2D eigenvalue weighted by Crippen LogP contribution is 2.48. The molecular formula is C16H21BrN2O2. The molecule has 1 aliphatic rings. The molecule has 0 aliphatic heterocycles. The molecule has 0 bridgehead atoms. The highest BCUT2D eigenvalue weighted by molar-refractivity contribution is 9.10. The van der Waals surface area contributed by atoms with E-state index in [1.807, 2.05) is 38.1 Å². The first-order valence-corrected chi connectivity index (χ1v) is 8.07. The minimum absolute atomic E-state index is 0.0123. The molecule has 1 aliphatic carbocycles. The predicted molar refractivity (Wildman–Crippen MR) is 85.9 cm³/mol. The largest absolute Gasteiger partial charge is 0.354 e. The van der Waals surface area contributed by atoms with Gasteiger partial charge in [0.2, 0.25) is 11.8 Å². The fourth-order valence-electron chi connectivity index (χ4n) is 2.28. The lowest BCUT2D eigenvalue weighted by atomic mass is 9.95. The molecule has 0 unspecified atom stereocenters. The van der Waals surface area contributed by atoms with Crippen LogP contribution in [0.4, 0.5) is 0 Å². The van der Waals surface area contributed by atoms with Gasteiger partial charge in [-0.25, -0.2) is 0 Å². The number of amides is 2. The molecule has 4 nitrogen and oxygen atoms in total. The molecule has 0 aromatic heterocycles. The van der Waals surface area contributed by atoms with Gasteiger partial charge in [0.1, 0.15) is 0 Å². The molecule has 2 rings (SSSR count). The third-order valence-corrected chi connectivity index (χ3v) is 4.34. The zero-order chi connectivity index (χ0) is 15.5. The monoisotopic (exact) mass is 352 g/mol. The summed E-state index contributed by atoms with van der Waals surface area (Å²) in [4.78, 5) is 23.8. The van der Waals surface area contributed by atoms with Crippen LogP contribution in [0.5, 0.6) is 0 Å². The highest BCUT2D eigenvalue weighted by atomic mass is 79.9. The maximum absolute atomic E-state index is 12.4. The Hall–Kier alpha value is -1.36. The SMILES string of the molecule is CC(C)C(=O)NCCNC(=O)C1(c2ccc(Br)cc2)CC1. The molecule has 114 valence electrons. The molecule has 0 radical (unpaired) electrons. The van der Waals surface area contributed by atoms with Crippen LogP contribution < -0.4 is 10.6 Å². The van der Waals surface area contributed by atoms with Gasteiger partial charge >= 0.3 is 0 Å². The van der Waals surface area contributed by atoms with Crippen LogP contribution in [0.1, 0.15) is 32.3 Å². The second kappa shape index (κ2) is 6.60. The number of carbonyl (C=O) groups excluding carboxylic acids is 2. The zero-order valence-corrected chi connectivity index (χ0v) is 14.0. The second-order valence-electron chi connectivity index (χ2n) is 5.79. The predicted octanol–water partition coefficient (Wildman–Crippen LogP) is 2.37. The van der Waals surface area contributed by atoms with Crippen molar-refractivity contribution in [2.45, 2.75) is 32.1 Å². The van der Waals surface area contributed by atoms with E-state index in [-0.39, 0.29) is 23.1 Å². The Morgan fingerprint density at radius 3 is 2.24 bits per heavy atom. The number of benzene rings is 1. The summed E-state index contributed by atoms with van der Waals surface area (Å²) in [5.41, 5.74) is 0.706. The zero-order valence-electron chi connectivity index (χ0n) is 12.4. The van der Waals surface area contributed by atoms with Gasteiger partial charge in [0.15, 0.2) is 0 Å². The summed E-state index contributed by atoms with van der Waals surface area (Å²) in [6, 6.07) is 7.92. The third kappa shape index (κ3) is 3.84. The van der Waals surface area contributed by atoms with Gasteiger partial charge < -0.3 is 10.6 Å². The lowest BCUT2D eigenvalue weighted by Gasteiger charge is -2.16. The van der Waals surface area contributed by atoms with Crippen LogP contribution >= 0.6 is 15.9 Å². The number of hydrogen-bond donors (Lipinski definition) is 2. The van der Waals surface area contributed by atoms with Crippen molar-refractivity contribution in [2.75, 3.05) is 13.1 Å². The van der Waals surface area contributed by atoms with Gasteiger partial charge in [0.25, 0.3) is 0 Å². The van der Waals surface area contributed by atoms with E-state index in [1.165, 1.54) is 0 Å². The maximum Gasteiger partial charge on any atom is 0.230 e. The highest BCUT2D eigenvalue weighted by Gasteiger charge is 2.50. The van der Waals surface area contributed by atoms with E-state index in [0.29, 0.717) is 13.1 Å². The molecule has 0 heterocycles. The van der Waals surface area contributed by atoms with E-state index in [2.05, 4.69) is 26.6 Å². The summed E-state index contributed by atoms with van der Waals surface area (Å²) < 4.78 is 1.01. The summed E-state index contributed by atoms with van der Waals surface area (Å²) in [5.74, 6) is 0.0418. The first-order valence-electron chi connectivity index (χ1n) is 7.28.